The van der Waals surface area contributed by atoms with E-state index in [1.165, 1.54) is 6.20 Å². The van der Waals surface area contributed by atoms with E-state index in [4.69, 9.17) is 0 Å². The molecule has 3 nitrogen and oxygen atoms in total. The van der Waals surface area contributed by atoms with Crippen molar-refractivity contribution >= 4 is 12.4 Å². The van der Waals surface area contributed by atoms with E-state index in [1.54, 1.807) is 18.2 Å². The van der Waals surface area contributed by atoms with E-state index in [0.717, 1.165) is 17.1 Å². The Labute approximate surface area is 133 Å². The molecule has 2 heterocycles. The zero-order valence-electron chi connectivity index (χ0n) is 8.52. The first kappa shape index (κ1) is 13.9. The topological polar surface area (TPSA) is 30.7 Å². The average Bonchev–Trinajstić information content (AvgIpc) is 2.67. The van der Waals surface area contributed by atoms with Crippen molar-refractivity contribution in [3.8, 4) is 5.82 Å². The summed E-state index contributed by atoms with van der Waals surface area (Å²) in [5.74, 6) is 0.365. The normalized spacial score (nSPS) is 10.9. The van der Waals surface area contributed by atoms with Crippen LogP contribution in [0.5, 0.6) is 0 Å². The summed E-state index contributed by atoms with van der Waals surface area (Å²) in [6.45, 7) is -4.99. The maximum absolute atomic E-state index is 12.3. The van der Waals surface area contributed by atoms with E-state index in [-0.39, 0.29) is 51.4 Å². The molecular formula is C8H6BF3KN3. The number of hydrogen-bond acceptors (Lipinski definition) is 2. The molecule has 0 aromatic carbocycles. The van der Waals surface area contributed by atoms with Gasteiger partial charge in [0, 0.05) is 18.6 Å². The molecule has 0 unspecified atom stereocenters. The minimum Gasteiger partial charge on any atom is -0.445 e. The molecule has 0 saturated heterocycles. The van der Waals surface area contributed by atoms with Crippen molar-refractivity contribution in [1.82, 2.24) is 14.8 Å². The predicted octanol–water partition coefficient (Wildman–Crippen LogP) is -1.67. The van der Waals surface area contributed by atoms with Crippen LogP contribution in [0.25, 0.3) is 5.82 Å². The molecule has 0 N–H and O–H groups in total. The zero-order chi connectivity index (χ0) is 10.9. The molecule has 2 rings (SSSR count). The van der Waals surface area contributed by atoms with Crippen molar-refractivity contribution in [2.75, 3.05) is 0 Å². The van der Waals surface area contributed by atoms with E-state index in [0.29, 0.717) is 5.82 Å². The summed E-state index contributed by atoms with van der Waals surface area (Å²) >= 11 is 0. The van der Waals surface area contributed by atoms with Gasteiger partial charge in [-0.3, -0.25) is 0 Å². The minimum absolute atomic E-state index is 0. The van der Waals surface area contributed by atoms with Crippen molar-refractivity contribution in [3.63, 3.8) is 0 Å². The van der Waals surface area contributed by atoms with Crippen LogP contribution in [-0.2, 0) is 0 Å². The average molecular weight is 251 g/mol. The smallest absolute Gasteiger partial charge is 0.445 e. The second kappa shape index (κ2) is 5.46. The molecule has 0 atom stereocenters. The van der Waals surface area contributed by atoms with E-state index in [2.05, 4.69) is 10.1 Å². The number of hydrogen-bond donors (Lipinski definition) is 0. The van der Waals surface area contributed by atoms with Crippen molar-refractivity contribution in [2.24, 2.45) is 0 Å². The van der Waals surface area contributed by atoms with Crippen LogP contribution < -0.4 is 56.8 Å². The van der Waals surface area contributed by atoms with Crippen LogP contribution in [0.2, 0.25) is 0 Å². The van der Waals surface area contributed by atoms with Crippen LogP contribution in [0.4, 0.5) is 12.9 Å². The standard InChI is InChI=1S/C8H6BF3N3.K/c10-9(11,12)7-5-14-15(6-7)8-3-1-2-4-13-8;/h1-6H;/q-1;+1. The molecule has 0 saturated carbocycles. The third-order valence-electron chi connectivity index (χ3n) is 1.86. The first-order valence-electron chi connectivity index (χ1n) is 4.23. The Morgan fingerprint density at radius 2 is 1.94 bits per heavy atom. The molecule has 2 aromatic heterocycles. The summed E-state index contributed by atoms with van der Waals surface area (Å²) in [5.41, 5.74) is -0.722. The molecule has 78 valence electrons. The molecule has 2 aromatic rings. The van der Waals surface area contributed by atoms with E-state index in [9.17, 15) is 12.9 Å². The van der Waals surface area contributed by atoms with Gasteiger partial charge in [0.25, 0.3) is 0 Å². The van der Waals surface area contributed by atoms with Crippen molar-refractivity contribution < 1.29 is 64.3 Å². The SMILES string of the molecule is F[B-](F)(F)c1cnn(-c2ccccn2)c1.[K+]. The molecule has 16 heavy (non-hydrogen) atoms. The number of nitrogens with zero attached hydrogens (tertiary/aromatic N) is 3. The molecule has 0 bridgehead atoms. The van der Waals surface area contributed by atoms with Crippen LogP contribution in [-0.4, -0.2) is 21.7 Å². The third kappa shape index (κ3) is 3.17. The second-order valence-electron chi connectivity index (χ2n) is 2.98. The van der Waals surface area contributed by atoms with E-state index >= 15 is 0 Å². The molecule has 0 aliphatic carbocycles. The van der Waals surface area contributed by atoms with Gasteiger partial charge < -0.3 is 12.9 Å². The van der Waals surface area contributed by atoms with E-state index in [1.807, 2.05) is 0 Å². The molecule has 0 fully saturated rings. The van der Waals surface area contributed by atoms with Gasteiger partial charge >= 0.3 is 58.4 Å². The Kier molecular flexibility index (Phi) is 4.75. The van der Waals surface area contributed by atoms with Crippen LogP contribution in [0.15, 0.2) is 36.8 Å². The van der Waals surface area contributed by atoms with Crippen molar-refractivity contribution in [3.05, 3.63) is 36.8 Å². The summed E-state index contributed by atoms with van der Waals surface area (Å²) < 4.78 is 38.0. The van der Waals surface area contributed by atoms with Gasteiger partial charge in [0.1, 0.15) is 0 Å². The van der Waals surface area contributed by atoms with Gasteiger partial charge in [0.15, 0.2) is 5.82 Å². The molecule has 0 radical (unpaired) electrons. The molecule has 0 amide bonds. The Bertz CT molecular complexity index is 457. The van der Waals surface area contributed by atoms with Crippen molar-refractivity contribution in [1.29, 1.82) is 0 Å². The number of aromatic nitrogens is 3. The third-order valence-corrected chi connectivity index (χ3v) is 1.86. The maximum atomic E-state index is 12.3. The molecule has 0 spiro atoms. The number of rotatable bonds is 2. The summed E-state index contributed by atoms with van der Waals surface area (Å²) in [5, 5.41) is 3.60. The minimum atomic E-state index is -4.99. The van der Waals surface area contributed by atoms with Crippen molar-refractivity contribution in [2.45, 2.75) is 0 Å². The van der Waals surface area contributed by atoms with Gasteiger partial charge in [0.05, 0.1) is 0 Å². The van der Waals surface area contributed by atoms with Gasteiger partial charge in [-0.05, 0) is 12.1 Å². The van der Waals surface area contributed by atoms with Crippen LogP contribution in [0.1, 0.15) is 0 Å². The van der Waals surface area contributed by atoms with Gasteiger partial charge in [-0.1, -0.05) is 11.5 Å². The molecule has 8 heteroatoms. The molecular weight excluding hydrogens is 245 g/mol. The summed E-state index contributed by atoms with van der Waals surface area (Å²) in [7, 11) is 0. The second-order valence-corrected chi connectivity index (χ2v) is 2.98. The summed E-state index contributed by atoms with van der Waals surface area (Å²) in [6, 6.07) is 4.95. The fraction of sp³-hybridized carbons (Fsp3) is 0. The van der Waals surface area contributed by atoms with Crippen LogP contribution in [0.3, 0.4) is 0 Å². The van der Waals surface area contributed by atoms with Gasteiger partial charge in [0.2, 0.25) is 0 Å². The van der Waals surface area contributed by atoms with E-state index < -0.39 is 12.4 Å². The Morgan fingerprint density at radius 1 is 1.19 bits per heavy atom. The summed E-state index contributed by atoms with van der Waals surface area (Å²) in [6.07, 6.45) is 3.23. The van der Waals surface area contributed by atoms with Gasteiger partial charge in [-0.2, -0.15) is 5.10 Å². The Morgan fingerprint density at radius 3 is 2.44 bits per heavy atom. The molecule has 0 aliphatic rings. The summed E-state index contributed by atoms with van der Waals surface area (Å²) in [4.78, 5) is 3.88. The predicted molar refractivity (Wildman–Crippen MR) is 50.1 cm³/mol. The van der Waals surface area contributed by atoms with Gasteiger partial charge in [-0.15, -0.1) is 0 Å². The van der Waals surface area contributed by atoms with Crippen LogP contribution >= 0.6 is 0 Å². The Balaban J connectivity index is 0.00000128. The monoisotopic (exact) mass is 251 g/mol. The van der Waals surface area contributed by atoms with Crippen LogP contribution in [0, 0.1) is 0 Å². The van der Waals surface area contributed by atoms with Gasteiger partial charge in [-0.25, -0.2) is 9.67 Å². The largest absolute Gasteiger partial charge is 1.00 e. The number of halogens is 3. The Hall–Kier alpha value is -0.149. The fourth-order valence-electron chi connectivity index (χ4n) is 1.12. The first-order valence-corrected chi connectivity index (χ1v) is 4.23. The number of pyridine rings is 1. The maximum Gasteiger partial charge on any atom is 1.00 e. The first-order chi connectivity index (χ1) is 7.07. The quantitative estimate of drug-likeness (QED) is 0.597. The zero-order valence-corrected chi connectivity index (χ0v) is 11.6. The molecule has 0 aliphatic heterocycles. The fourth-order valence-corrected chi connectivity index (χ4v) is 1.12.